The number of hydrogen-bond donors (Lipinski definition) is 0. The number of esters is 2. The van der Waals surface area contributed by atoms with Crippen LogP contribution in [0.25, 0.3) is 0 Å². The number of hydrogen-bond acceptors (Lipinski definition) is 17. The van der Waals surface area contributed by atoms with Crippen molar-refractivity contribution in [1.82, 2.24) is 19.6 Å². The number of carbonyl (C=O) groups excluding carboxylic acids is 10. The summed E-state index contributed by atoms with van der Waals surface area (Å²) < 4.78 is 25.6. The van der Waals surface area contributed by atoms with E-state index in [0.29, 0.717) is 83.2 Å². The quantitative estimate of drug-likeness (QED) is 0.0529. The Morgan fingerprint density at radius 3 is 1.42 bits per heavy atom. The average Bonchev–Trinajstić information content (AvgIpc) is 4.06. The second-order valence-electron chi connectivity index (χ2n) is 19.7. The minimum Gasteiger partial charge on any atom is -0.870 e. The molecular formula is C62H77KN4O16. The monoisotopic (exact) mass is 1170 g/mol. The minimum atomic E-state index is -0.776. The van der Waals surface area contributed by atoms with Crippen molar-refractivity contribution in [3.63, 3.8) is 0 Å². The van der Waals surface area contributed by atoms with Gasteiger partial charge in [-0.15, -0.1) is 0 Å². The zero-order valence-electron chi connectivity index (χ0n) is 48.0. The van der Waals surface area contributed by atoms with E-state index in [9.17, 15) is 47.9 Å². The van der Waals surface area contributed by atoms with Gasteiger partial charge < -0.3 is 43.9 Å². The molecule has 4 aliphatic rings. The van der Waals surface area contributed by atoms with Crippen LogP contribution in [0.4, 0.5) is 14.4 Å². The number of rotatable bonds is 13. The van der Waals surface area contributed by atoms with E-state index in [1.807, 2.05) is 114 Å². The number of ether oxygens (including phenoxy) is 5. The molecule has 3 amide bonds. The summed E-state index contributed by atoms with van der Waals surface area (Å²) in [7, 11) is 0. The Morgan fingerprint density at radius 1 is 0.446 bits per heavy atom. The number of ketones is 5. The predicted octanol–water partition coefficient (Wildman–Crippen LogP) is 5.46. The molecule has 0 radical (unpaired) electrons. The third-order valence-corrected chi connectivity index (χ3v) is 13.4. The van der Waals surface area contributed by atoms with Crippen molar-refractivity contribution in [2.24, 2.45) is 11.8 Å². The third kappa shape index (κ3) is 26.3. The zero-order valence-corrected chi connectivity index (χ0v) is 51.2. The number of likely N-dealkylation sites (tertiary alicyclic amines) is 4. The van der Waals surface area contributed by atoms with Crippen LogP contribution in [0.15, 0.2) is 121 Å². The van der Waals surface area contributed by atoms with E-state index >= 15 is 0 Å². The maximum atomic E-state index is 12.3. The third-order valence-electron chi connectivity index (χ3n) is 13.4. The molecule has 4 heterocycles. The van der Waals surface area contributed by atoms with Crippen molar-refractivity contribution in [2.45, 2.75) is 97.9 Å². The molecule has 4 aromatic rings. The zero-order chi connectivity index (χ0) is 58.2. The van der Waals surface area contributed by atoms with E-state index in [2.05, 4.69) is 0 Å². The smallest absolute Gasteiger partial charge is 0.870 e. The van der Waals surface area contributed by atoms with Gasteiger partial charge in [0.05, 0.1) is 32.8 Å². The molecule has 4 aromatic carbocycles. The van der Waals surface area contributed by atoms with Crippen LogP contribution in [0.5, 0.6) is 0 Å². The summed E-state index contributed by atoms with van der Waals surface area (Å²) >= 11 is 0. The minimum absolute atomic E-state index is 0. The fourth-order valence-electron chi connectivity index (χ4n) is 9.02. The molecule has 4 fully saturated rings. The number of benzene rings is 4. The van der Waals surface area contributed by atoms with Crippen LogP contribution in [0.2, 0.25) is 0 Å². The van der Waals surface area contributed by atoms with Crippen molar-refractivity contribution in [2.75, 3.05) is 72.1 Å². The molecule has 20 nitrogen and oxygen atoms in total. The van der Waals surface area contributed by atoms with Crippen LogP contribution in [0.3, 0.4) is 0 Å². The molecule has 0 saturated carbocycles. The topological polar surface area (TPSA) is 260 Å². The first-order valence-corrected chi connectivity index (χ1v) is 27.8. The molecular weight excluding hydrogens is 1100 g/mol. The molecule has 0 aliphatic carbocycles. The van der Waals surface area contributed by atoms with E-state index in [4.69, 9.17) is 23.7 Å². The van der Waals surface area contributed by atoms with Crippen molar-refractivity contribution in [3.8, 4) is 0 Å². The van der Waals surface area contributed by atoms with Gasteiger partial charge in [-0.2, -0.15) is 0 Å². The van der Waals surface area contributed by atoms with Gasteiger partial charge in [0.15, 0.2) is 17.3 Å². The molecule has 83 heavy (non-hydrogen) atoms. The fraction of sp³-hybridized carbons (Fsp3) is 0.452. The largest absolute Gasteiger partial charge is 1.00 e. The Labute approximate surface area is 528 Å². The summed E-state index contributed by atoms with van der Waals surface area (Å²) in [5, 5.41) is 0. The predicted molar refractivity (Wildman–Crippen MR) is 300 cm³/mol. The summed E-state index contributed by atoms with van der Waals surface area (Å²) in [6.45, 7) is 7.90. The molecule has 0 spiro atoms. The van der Waals surface area contributed by atoms with Crippen molar-refractivity contribution in [1.29, 1.82) is 0 Å². The number of amides is 3. The van der Waals surface area contributed by atoms with Crippen LogP contribution < -0.4 is 51.4 Å². The van der Waals surface area contributed by atoms with Crippen LogP contribution in [-0.2, 0) is 72.3 Å². The van der Waals surface area contributed by atoms with Crippen LogP contribution in [0.1, 0.15) is 105 Å². The maximum Gasteiger partial charge on any atom is 1.00 e. The Hall–Kier alpha value is -6.46. The van der Waals surface area contributed by atoms with Gasteiger partial charge in [0.2, 0.25) is 0 Å². The van der Waals surface area contributed by atoms with Gasteiger partial charge in [0.1, 0.15) is 43.2 Å². The van der Waals surface area contributed by atoms with Crippen molar-refractivity contribution in [3.05, 3.63) is 144 Å². The van der Waals surface area contributed by atoms with Gasteiger partial charge in [-0.3, -0.25) is 38.5 Å². The Balaban J connectivity index is 0.000000289. The van der Waals surface area contributed by atoms with E-state index in [-0.39, 0.29) is 151 Å². The fourth-order valence-corrected chi connectivity index (χ4v) is 9.02. The summed E-state index contributed by atoms with van der Waals surface area (Å²) in [6, 6.07) is 37.5. The summed E-state index contributed by atoms with van der Waals surface area (Å²) in [5.74, 6) is -2.57. The Kier molecular flexibility index (Phi) is 34.0. The first kappa shape index (κ1) is 70.8. The normalized spacial score (nSPS) is 17.3. The molecule has 8 rings (SSSR count). The standard InChI is InChI=1S/C17H21NO5.C17H21NO4.2C14H17NO3.K.H2O/c1-2-22-16(20)14-9-6-10-18(11-15(14)19)17(21)23-12-13-7-4-3-5-8-13;1-2-22-17(21)14-11-18(10-6-9-15(14)19)12-16(20)13-7-4-3-5-8-13;16-13-8-4-5-9-15(10-13)14(17)18-11-12-6-2-1-3-7-12;16-13-7-4-9-15(10-8-13)14(17)18-11-12-5-2-1-3-6-12;;/h3-5,7-8,14H,2,6,9-12H2,1H3;3-5,7-8,14H,2,6,9-12H2,1H3;1-3,6-7H,4-5,8-11H2;1-3,5-6H,4,7-11H2;;1H2/q;;;;+1;/p-1. The molecule has 4 aliphatic heterocycles. The van der Waals surface area contributed by atoms with Gasteiger partial charge in [0.25, 0.3) is 0 Å². The molecule has 2 unspecified atom stereocenters. The van der Waals surface area contributed by atoms with Crippen LogP contribution >= 0.6 is 0 Å². The number of Topliss-reactive ketones (excluding diaryl/α,β-unsaturated/α-hetero) is 5. The first-order chi connectivity index (χ1) is 39.2. The summed E-state index contributed by atoms with van der Waals surface area (Å²) in [6.07, 6.45) is 4.79. The van der Waals surface area contributed by atoms with Gasteiger partial charge in [0, 0.05) is 64.0 Å². The molecule has 2 atom stereocenters. The van der Waals surface area contributed by atoms with E-state index < -0.39 is 36.0 Å². The van der Waals surface area contributed by atoms with E-state index in [1.165, 1.54) is 9.80 Å². The number of nitrogens with zero attached hydrogens (tertiary/aromatic N) is 4. The SMILES string of the molecule is CCOC(=O)C1CCCN(C(=O)OCc2ccccc2)CC1=O.CCOC(=O)C1CN(CC(=O)c2ccccc2)CCCC1=O.O=C1CCCCN(C(=O)OCc2ccccc2)C1.O=C1CCCN(C(=O)OCc2ccccc2)CC1.[K+].[OH-]. The van der Waals surface area contributed by atoms with Gasteiger partial charge in [-0.05, 0) is 75.6 Å². The van der Waals surface area contributed by atoms with Gasteiger partial charge in [-0.25, -0.2) is 14.4 Å². The molecule has 21 heteroatoms. The van der Waals surface area contributed by atoms with Gasteiger partial charge in [-0.1, -0.05) is 121 Å². The van der Waals surface area contributed by atoms with E-state index in [1.54, 1.807) is 30.9 Å². The van der Waals surface area contributed by atoms with Crippen molar-refractivity contribution < 1.29 is 128 Å². The second kappa shape index (κ2) is 39.9. The molecule has 0 aromatic heterocycles. The van der Waals surface area contributed by atoms with Crippen LogP contribution in [-0.4, -0.2) is 156 Å². The average molecular weight is 1170 g/mol. The molecule has 442 valence electrons. The molecule has 4 saturated heterocycles. The van der Waals surface area contributed by atoms with Crippen molar-refractivity contribution >= 4 is 59.1 Å². The number of carbonyl (C=O) groups is 10. The molecule has 0 bridgehead atoms. The summed E-state index contributed by atoms with van der Waals surface area (Å²) in [5.41, 5.74) is 3.45. The van der Waals surface area contributed by atoms with Crippen LogP contribution in [0, 0.1) is 11.8 Å². The van der Waals surface area contributed by atoms with Gasteiger partial charge >= 0.3 is 81.6 Å². The van der Waals surface area contributed by atoms with E-state index in [0.717, 1.165) is 36.0 Å². The second-order valence-corrected chi connectivity index (χ2v) is 19.7. The summed E-state index contributed by atoms with van der Waals surface area (Å²) in [4.78, 5) is 125. The maximum absolute atomic E-state index is 12.3. The Morgan fingerprint density at radius 2 is 0.892 bits per heavy atom. The Bertz CT molecular complexity index is 2670. The first-order valence-electron chi connectivity index (χ1n) is 27.8. The molecule has 1 N–H and O–H groups in total.